The number of hydrogen-bond donors (Lipinski definition) is 1. The van der Waals surface area contributed by atoms with Gasteiger partial charge in [-0.05, 0) is 18.9 Å². The number of aliphatic hydroxyl groups excluding tert-OH is 1. The highest BCUT2D eigenvalue weighted by Gasteiger charge is 2.35. The lowest BCUT2D eigenvalue weighted by Crippen LogP contribution is -2.38. The van der Waals surface area contributed by atoms with Crippen molar-refractivity contribution in [2.45, 2.75) is 38.0 Å². The highest BCUT2D eigenvalue weighted by molar-refractivity contribution is 7.90. The molecule has 2 aromatic heterocycles. The molecular formula is C16H20N4O5S. The van der Waals surface area contributed by atoms with Gasteiger partial charge in [0.2, 0.25) is 0 Å². The standard InChI is InChI=1S/C16H20N4O5S/c1-26(23,24)8-13(21)12-6-11-7-19(4-5-20(11)18-12)16(22)14-15(10-2-3-10)25-9-17-14/h6,9-10,13,21H,2-5,7-8H2,1H3/t13-/m1/s1. The lowest BCUT2D eigenvalue weighted by atomic mass is 10.2. The maximum Gasteiger partial charge on any atom is 0.276 e. The van der Waals surface area contributed by atoms with Crippen LogP contribution < -0.4 is 0 Å². The fourth-order valence-electron chi connectivity index (χ4n) is 3.20. The van der Waals surface area contributed by atoms with Crippen LogP contribution in [-0.2, 0) is 22.9 Å². The Bertz CT molecular complexity index is 944. The van der Waals surface area contributed by atoms with Crippen molar-refractivity contribution >= 4 is 15.7 Å². The number of carbonyl (C=O) groups excluding carboxylic acids is 1. The van der Waals surface area contributed by atoms with Crippen molar-refractivity contribution < 1.29 is 22.7 Å². The monoisotopic (exact) mass is 380 g/mol. The Morgan fingerprint density at radius 2 is 2.19 bits per heavy atom. The largest absolute Gasteiger partial charge is 0.447 e. The predicted molar refractivity (Wildman–Crippen MR) is 90.1 cm³/mol. The van der Waals surface area contributed by atoms with Crippen LogP contribution in [0.25, 0.3) is 0 Å². The van der Waals surface area contributed by atoms with Crippen molar-refractivity contribution in [3.05, 3.63) is 35.3 Å². The molecule has 10 heteroatoms. The minimum Gasteiger partial charge on any atom is -0.447 e. The molecule has 1 saturated carbocycles. The second-order valence-corrected chi connectivity index (χ2v) is 9.14. The van der Waals surface area contributed by atoms with Crippen molar-refractivity contribution in [3.8, 4) is 0 Å². The first-order valence-electron chi connectivity index (χ1n) is 8.47. The normalized spacial score (nSPS) is 18.6. The van der Waals surface area contributed by atoms with E-state index in [1.165, 1.54) is 6.39 Å². The molecule has 2 aliphatic rings. The summed E-state index contributed by atoms with van der Waals surface area (Å²) in [6.45, 7) is 1.27. The lowest BCUT2D eigenvalue weighted by Gasteiger charge is -2.27. The van der Waals surface area contributed by atoms with Crippen molar-refractivity contribution in [2.75, 3.05) is 18.6 Å². The van der Waals surface area contributed by atoms with Gasteiger partial charge in [-0.25, -0.2) is 13.4 Å². The van der Waals surface area contributed by atoms with E-state index < -0.39 is 15.9 Å². The van der Waals surface area contributed by atoms with Gasteiger partial charge in [0, 0.05) is 18.7 Å². The summed E-state index contributed by atoms with van der Waals surface area (Å²) in [5.41, 5.74) is 1.43. The molecule has 2 aromatic rings. The van der Waals surface area contributed by atoms with Gasteiger partial charge in [-0.15, -0.1) is 0 Å². The second-order valence-electron chi connectivity index (χ2n) is 6.96. The molecule has 1 atom stereocenters. The number of amides is 1. The molecule has 1 N–H and O–H groups in total. The van der Waals surface area contributed by atoms with Crippen LogP contribution in [0.4, 0.5) is 0 Å². The van der Waals surface area contributed by atoms with E-state index in [-0.39, 0.29) is 11.7 Å². The number of sulfone groups is 1. The number of rotatable bonds is 5. The zero-order chi connectivity index (χ0) is 18.5. The molecule has 1 aliphatic carbocycles. The molecule has 0 radical (unpaired) electrons. The first kappa shape index (κ1) is 17.2. The average Bonchev–Trinajstić information content (AvgIpc) is 3.14. The fraction of sp³-hybridized carbons (Fsp3) is 0.562. The molecule has 0 bridgehead atoms. The summed E-state index contributed by atoms with van der Waals surface area (Å²) < 4.78 is 29.8. The number of aliphatic hydroxyl groups is 1. The van der Waals surface area contributed by atoms with E-state index in [9.17, 15) is 18.3 Å². The predicted octanol–water partition coefficient (Wildman–Crippen LogP) is 0.482. The van der Waals surface area contributed by atoms with Crippen molar-refractivity contribution in [3.63, 3.8) is 0 Å². The van der Waals surface area contributed by atoms with E-state index in [2.05, 4.69) is 10.1 Å². The van der Waals surface area contributed by atoms with Gasteiger partial charge < -0.3 is 14.4 Å². The van der Waals surface area contributed by atoms with Crippen LogP contribution in [0.5, 0.6) is 0 Å². The summed E-state index contributed by atoms with van der Waals surface area (Å²) >= 11 is 0. The third-order valence-electron chi connectivity index (χ3n) is 4.65. The van der Waals surface area contributed by atoms with Crippen LogP contribution >= 0.6 is 0 Å². The number of nitrogens with zero attached hydrogens (tertiary/aromatic N) is 4. The van der Waals surface area contributed by atoms with Crippen LogP contribution in [0, 0.1) is 0 Å². The van der Waals surface area contributed by atoms with Gasteiger partial charge >= 0.3 is 0 Å². The number of hydrogen-bond acceptors (Lipinski definition) is 7. The van der Waals surface area contributed by atoms with Crippen LogP contribution in [0.15, 0.2) is 16.9 Å². The SMILES string of the molecule is CS(=O)(=O)C[C@@H](O)c1cc2n(n1)CCN(C(=O)c1ncoc1C1CC1)C2. The number of carbonyl (C=O) groups is 1. The number of fused-ring (bicyclic) bond motifs is 1. The highest BCUT2D eigenvalue weighted by atomic mass is 32.2. The lowest BCUT2D eigenvalue weighted by molar-refractivity contribution is 0.0698. The average molecular weight is 380 g/mol. The maximum absolute atomic E-state index is 12.8. The Morgan fingerprint density at radius 1 is 1.42 bits per heavy atom. The number of oxazole rings is 1. The molecule has 0 saturated heterocycles. The van der Waals surface area contributed by atoms with Crippen LogP contribution in [0.1, 0.15) is 52.5 Å². The Kier molecular flexibility index (Phi) is 4.11. The summed E-state index contributed by atoms with van der Waals surface area (Å²) in [4.78, 5) is 18.6. The van der Waals surface area contributed by atoms with Gasteiger partial charge in [0.15, 0.2) is 12.1 Å². The smallest absolute Gasteiger partial charge is 0.276 e. The van der Waals surface area contributed by atoms with Gasteiger partial charge in [0.1, 0.15) is 21.7 Å². The molecule has 0 aromatic carbocycles. The Balaban J connectivity index is 1.51. The summed E-state index contributed by atoms with van der Waals surface area (Å²) in [6, 6.07) is 1.65. The third-order valence-corrected chi connectivity index (χ3v) is 5.57. The van der Waals surface area contributed by atoms with Gasteiger partial charge in [0.25, 0.3) is 5.91 Å². The van der Waals surface area contributed by atoms with Gasteiger partial charge in [-0.3, -0.25) is 9.48 Å². The summed E-state index contributed by atoms with van der Waals surface area (Å²) in [5, 5.41) is 14.4. The molecule has 140 valence electrons. The van der Waals surface area contributed by atoms with Gasteiger partial charge in [-0.2, -0.15) is 5.10 Å². The quantitative estimate of drug-likeness (QED) is 0.801. The zero-order valence-corrected chi connectivity index (χ0v) is 15.1. The molecular weight excluding hydrogens is 360 g/mol. The van der Waals surface area contributed by atoms with E-state index in [1.54, 1.807) is 15.6 Å². The first-order chi connectivity index (χ1) is 12.3. The molecule has 26 heavy (non-hydrogen) atoms. The number of aromatic nitrogens is 3. The van der Waals surface area contributed by atoms with E-state index >= 15 is 0 Å². The molecule has 3 heterocycles. The van der Waals surface area contributed by atoms with E-state index in [0.717, 1.165) is 24.8 Å². The fourth-order valence-corrected chi connectivity index (χ4v) is 3.94. The van der Waals surface area contributed by atoms with Crippen LogP contribution in [0.3, 0.4) is 0 Å². The molecule has 0 unspecified atom stereocenters. The van der Waals surface area contributed by atoms with Crippen LogP contribution in [-0.4, -0.2) is 57.6 Å². The summed E-state index contributed by atoms with van der Waals surface area (Å²) in [6.07, 6.45) is 3.24. The van der Waals surface area contributed by atoms with E-state index in [4.69, 9.17) is 4.42 Å². The van der Waals surface area contributed by atoms with Crippen molar-refractivity contribution in [1.82, 2.24) is 19.7 Å². The summed E-state index contributed by atoms with van der Waals surface area (Å²) in [7, 11) is -3.32. The Labute approximate surface area is 150 Å². The van der Waals surface area contributed by atoms with Crippen molar-refractivity contribution in [2.24, 2.45) is 0 Å². The minimum atomic E-state index is -3.32. The zero-order valence-electron chi connectivity index (χ0n) is 14.3. The van der Waals surface area contributed by atoms with E-state index in [0.29, 0.717) is 42.7 Å². The molecule has 0 spiro atoms. The Morgan fingerprint density at radius 3 is 2.88 bits per heavy atom. The van der Waals surface area contributed by atoms with Crippen molar-refractivity contribution in [1.29, 1.82) is 0 Å². The molecule has 1 amide bonds. The highest BCUT2D eigenvalue weighted by Crippen LogP contribution is 2.41. The molecule has 9 nitrogen and oxygen atoms in total. The minimum absolute atomic E-state index is 0.175. The second kappa shape index (κ2) is 6.20. The topological polar surface area (TPSA) is 119 Å². The van der Waals surface area contributed by atoms with E-state index in [1.807, 2.05) is 0 Å². The first-order valence-corrected chi connectivity index (χ1v) is 10.5. The summed E-state index contributed by atoms with van der Waals surface area (Å²) in [5.74, 6) is 0.407. The maximum atomic E-state index is 12.8. The Hall–Kier alpha value is -2.20. The van der Waals surface area contributed by atoms with Gasteiger partial charge in [0.05, 0.1) is 30.2 Å². The third kappa shape index (κ3) is 3.38. The molecule has 4 rings (SSSR count). The van der Waals surface area contributed by atoms with Crippen LogP contribution in [0.2, 0.25) is 0 Å². The molecule has 1 aliphatic heterocycles. The van der Waals surface area contributed by atoms with Gasteiger partial charge in [-0.1, -0.05) is 0 Å². The molecule has 1 fully saturated rings.